The van der Waals surface area contributed by atoms with Crippen molar-refractivity contribution in [1.29, 1.82) is 0 Å². The van der Waals surface area contributed by atoms with Gasteiger partial charge < -0.3 is 15.2 Å². The Labute approximate surface area is 130 Å². The topological polar surface area (TPSA) is 75.6 Å². The van der Waals surface area contributed by atoms with Crippen molar-refractivity contribution in [2.75, 3.05) is 0 Å². The number of amides is 1. The number of aliphatic carboxylic acids is 1. The molecule has 0 heterocycles. The summed E-state index contributed by atoms with van der Waals surface area (Å²) in [5, 5.41) is 12.1. The average Bonchev–Trinajstić information content (AvgIpc) is 3.01. The van der Waals surface area contributed by atoms with Gasteiger partial charge >= 0.3 is 12.1 Å². The highest BCUT2D eigenvalue weighted by Gasteiger charge is 2.63. The fourth-order valence-electron chi connectivity index (χ4n) is 2.77. The Morgan fingerprint density at radius 3 is 2.45 bits per heavy atom. The number of aryl methyl sites for hydroxylation is 2. The average molecular weight is 305 g/mol. The monoisotopic (exact) mass is 305 g/mol. The zero-order valence-electron chi connectivity index (χ0n) is 13.7. The molecule has 1 amide bonds. The largest absolute Gasteiger partial charge is 0.479 e. The minimum atomic E-state index is -1.26. The normalized spacial score (nSPS) is 23.8. The first-order valence-corrected chi connectivity index (χ1v) is 7.37. The van der Waals surface area contributed by atoms with Crippen molar-refractivity contribution < 1.29 is 19.4 Å². The molecule has 0 spiro atoms. The lowest BCUT2D eigenvalue weighted by Gasteiger charge is -2.22. The first kappa shape index (κ1) is 16.3. The van der Waals surface area contributed by atoms with E-state index in [1.54, 1.807) is 20.8 Å². The van der Waals surface area contributed by atoms with E-state index < -0.39 is 23.2 Å². The van der Waals surface area contributed by atoms with E-state index in [4.69, 9.17) is 4.74 Å². The van der Waals surface area contributed by atoms with Crippen LogP contribution in [-0.4, -0.2) is 28.3 Å². The summed E-state index contributed by atoms with van der Waals surface area (Å²) in [7, 11) is 0. The highest BCUT2D eigenvalue weighted by Crippen LogP contribution is 2.52. The second-order valence-corrected chi connectivity index (χ2v) is 7.02. The molecular formula is C17H23NO4. The van der Waals surface area contributed by atoms with Gasteiger partial charge in [-0.15, -0.1) is 0 Å². The maximum atomic E-state index is 11.9. The van der Waals surface area contributed by atoms with Crippen LogP contribution < -0.4 is 5.32 Å². The molecule has 1 aliphatic carbocycles. The van der Waals surface area contributed by atoms with Gasteiger partial charge in [0.05, 0.1) is 0 Å². The van der Waals surface area contributed by atoms with E-state index in [9.17, 15) is 14.7 Å². The third-order valence-electron chi connectivity index (χ3n) is 3.87. The molecule has 1 saturated carbocycles. The van der Waals surface area contributed by atoms with Crippen LogP contribution in [0.5, 0.6) is 0 Å². The Morgan fingerprint density at radius 2 is 1.95 bits per heavy atom. The first-order chi connectivity index (χ1) is 10.0. The molecule has 2 N–H and O–H groups in total. The quantitative estimate of drug-likeness (QED) is 0.899. The minimum absolute atomic E-state index is 0.224. The van der Waals surface area contributed by atoms with Crippen LogP contribution in [0.15, 0.2) is 18.2 Å². The van der Waals surface area contributed by atoms with Gasteiger partial charge in [0.2, 0.25) is 0 Å². The highest BCUT2D eigenvalue weighted by molar-refractivity contribution is 5.90. The Balaban J connectivity index is 2.20. The summed E-state index contributed by atoms with van der Waals surface area (Å²) in [5.74, 6) is -1.25. The number of carboxylic acids is 1. The lowest BCUT2D eigenvalue weighted by molar-refractivity contribution is -0.140. The molecule has 0 saturated heterocycles. The van der Waals surface area contributed by atoms with Gasteiger partial charge in [-0.05, 0) is 52.2 Å². The second-order valence-electron chi connectivity index (χ2n) is 7.02. The van der Waals surface area contributed by atoms with Crippen LogP contribution in [0.1, 0.15) is 49.8 Å². The minimum Gasteiger partial charge on any atom is -0.479 e. The number of hydrogen-bond donors (Lipinski definition) is 2. The molecule has 0 aromatic heterocycles. The summed E-state index contributed by atoms with van der Waals surface area (Å²) in [6.45, 7) is 9.19. The highest BCUT2D eigenvalue weighted by atomic mass is 16.6. The third kappa shape index (κ3) is 3.24. The van der Waals surface area contributed by atoms with E-state index in [0.717, 1.165) is 16.7 Å². The maximum Gasteiger partial charge on any atom is 0.408 e. The molecule has 0 aliphatic heterocycles. The molecule has 2 rings (SSSR count). The molecular weight excluding hydrogens is 282 g/mol. The van der Waals surface area contributed by atoms with Gasteiger partial charge in [0.15, 0.2) is 0 Å². The van der Waals surface area contributed by atoms with Crippen molar-refractivity contribution in [2.45, 2.75) is 58.1 Å². The van der Waals surface area contributed by atoms with E-state index in [1.807, 2.05) is 32.0 Å². The summed E-state index contributed by atoms with van der Waals surface area (Å²) < 4.78 is 5.18. The van der Waals surface area contributed by atoms with E-state index in [1.165, 1.54) is 0 Å². The van der Waals surface area contributed by atoms with Crippen molar-refractivity contribution in [3.8, 4) is 0 Å². The molecule has 22 heavy (non-hydrogen) atoms. The van der Waals surface area contributed by atoms with Crippen molar-refractivity contribution in [2.24, 2.45) is 0 Å². The third-order valence-corrected chi connectivity index (χ3v) is 3.87. The second kappa shape index (κ2) is 5.30. The van der Waals surface area contributed by atoms with Gasteiger partial charge in [0, 0.05) is 5.92 Å². The molecule has 2 unspecified atom stereocenters. The van der Waals surface area contributed by atoms with Gasteiger partial charge in [-0.3, -0.25) is 0 Å². The number of benzene rings is 1. The van der Waals surface area contributed by atoms with Crippen molar-refractivity contribution >= 4 is 12.1 Å². The van der Waals surface area contributed by atoms with Crippen LogP contribution in [0, 0.1) is 13.8 Å². The molecule has 5 heteroatoms. The summed E-state index contributed by atoms with van der Waals surface area (Å²) in [5.41, 5.74) is 1.21. The number of ether oxygens (including phenoxy) is 1. The molecule has 120 valence electrons. The Morgan fingerprint density at radius 1 is 1.32 bits per heavy atom. The molecule has 1 aliphatic rings. The number of rotatable bonds is 3. The summed E-state index contributed by atoms with van der Waals surface area (Å²) >= 11 is 0. The number of nitrogens with one attached hydrogen (secondary N) is 1. The van der Waals surface area contributed by atoms with Gasteiger partial charge in [-0.25, -0.2) is 9.59 Å². The van der Waals surface area contributed by atoms with Crippen molar-refractivity contribution in [1.82, 2.24) is 5.32 Å². The van der Waals surface area contributed by atoms with Crippen LogP contribution in [0.25, 0.3) is 0 Å². The molecule has 0 radical (unpaired) electrons. The standard InChI is InChI=1S/C17H23NO4/c1-10-6-7-12(11(2)8-10)13-9-17(13,14(19)20)18-15(21)22-16(3,4)5/h6-8,13H,9H2,1-5H3,(H,18,21)(H,19,20). The van der Waals surface area contributed by atoms with Crippen LogP contribution in [0.3, 0.4) is 0 Å². The Kier molecular flexibility index (Phi) is 3.94. The van der Waals surface area contributed by atoms with Crippen molar-refractivity contribution in [3.05, 3.63) is 34.9 Å². The predicted octanol–water partition coefficient (Wildman–Crippen LogP) is 3.14. The summed E-state index contributed by atoms with van der Waals surface area (Å²) in [6, 6.07) is 5.92. The smallest absolute Gasteiger partial charge is 0.408 e. The Bertz CT molecular complexity index is 618. The predicted molar refractivity (Wildman–Crippen MR) is 83.0 cm³/mol. The maximum absolute atomic E-state index is 11.9. The number of carboxylic acid groups (broad SMARTS) is 1. The van der Waals surface area contributed by atoms with Crippen LogP contribution in [0.2, 0.25) is 0 Å². The van der Waals surface area contributed by atoms with Gasteiger partial charge in [0.25, 0.3) is 0 Å². The first-order valence-electron chi connectivity index (χ1n) is 7.37. The SMILES string of the molecule is Cc1ccc(C2CC2(NC(=O)OC(C)(C)C)C(=O)O)c(C)c1. The van der Waals surface area contributed by atoms with Crippen LogP contribution in [-0.2, 0) is 9.53 Å². The lowest BCUT2D eigenvalue weighted by Crippen LogP contribution is -2.46. The van der Waals surface area contributed by atoms with E-state index in [-0.39, 0.29) is 5.92 Å². The molecule has 1 aromatic rings. The van der Waals surface area contributed by atoms with Gasteiger partial charge in [-0.2, -0.15) is 0 Å². The van der Waals surface area contributed by atoms with Crippen LogP contribution in [0.4, 0.5) is 4.79 Å². The number of carbonyl (C=O) groups is 2. The molecule has 0 bridgehead atoms. The van der Waals surface area contributed by atoms with Gasteiger partial charge in [-0.1, -0.05) is 23.8 Å². The summed E-state index contributed by atoms with van der Waals surface area (Å²) in [6.07, 6.45) is -0.312. The fraction of sp³-hybridized carbons (Fsp3) is 0.529. The number of hydrogen-bond acceptors (Lipinski definition) is 3. The molecule has 1 aromatic carbocycles. The Hall–Kier alpha value is -2.04. The van der Waals surface area contributed by atoms with E-state index >= 15 is 0 Å². The lowest BCUT2D eigenvalue weighted by atomic mass is 9.99. The van der Waals surface area contributed by atoms with Crippen LogP contribution >= 0.6 is 0 Å². The van der Waals surface area contributed by atoms with E-state index in [0.29, 0.717) is 6.42 Å². The molecule has 5 nitrogen and oxygen atoms in total. The zero-order chi connectivity index (χ0) is 16.7. The number of alkyl carbamates (subject to hydrolysis) is 1. The molecule has 1 fully saturated rings. The van der Waals surface area contributed by atoms with E-state index in [2.05, 4.69) is 5.32 Å². The van der Waals surface area contributed by atoms with Crippen molar-refractivity contribution in [3.63, 3.8) is 0 Å². The summed E-state index contributed by atoms with van der Waals surface area (Å²) in [4.78, 5) is 23.6. The number of carbonyl (C=O) groups excluding carboxylic acids is 1. The zero-order valence-corrected chi connectivity index (χ0v) is 13.7. The fourth-order valence-corrected chi connectivity index (χ4v) is 2.77. The van der Waals surface area contributed by atoms with Gasteiger partial charge in [0.1, 0.15) is 11.1 Å². The molecule has 2 atom stereocenters.